The van der Waals surface area contributed by atoms with Gasteiger partial charge in [0.25, 0.3) is 5.91 Å². The van der Waals surface area contributed by atoms with Crippen LogP contribution in [0.3, 0.4) is 0 Å². The molecule has 2 aliphatic rings. The first-order valence-electron chi connectivity index (χ1n) is 9.08. The molecule has 1 aromatic carbocycles. The lowest BCUT2D eigenvalue weighted by Gasteiger charge is -2.27. The summed E-state index contributed by atoms with van der Waals surface area (Å²) in [5.41, 5.74) is 1.48. The van der Waals surface area contributed by atoms with Crippen molar-refractivity contribution in [3.63, 3.8) is 0 Å². The van der Waals surface area contributed by atoms with Crippen LogP contribution in [0.4, 0.5) is 11.5 Å². The fourth-order valence-electron chi connectivity index (χ4n) is 4.11. The number of pyridine rings is 1. The minimum absolute atomic E-state index is 0.0385. The van der Waals surface area contributed by atoms with Gasteiger partial charge >= 0.3 is 0 Å². The molecule has 1 saturated heterocycles. The van der Waals surface area contributed by atoms with E-state index in [1.807, 2.05) is 41.6 Å². The molecule has 0 radical (unpaired) electrons. The molecule has 6 nitrogen and oxygen atoms in total. The van der Waals surface area contributed by atoms with E-state index in [2.05, 4.69) is 14.9 Å². The number of benzene rings is 1. The van der Waals surface area contributed by atoms with Gasteiger partial charge in [0.15, 0.2) is 5.16 Å². The van der Waals surface area contributed by atoms with Crippen LogP contribution in [0, 0.1) is 0 Å². The molecule has 2 aromatic heterocycles. The molecular weight excluding hydrogens is 358 g/mol. The second-order valence-electron chi connectivity index (χ2n) is 6.87. The Morgan fingerprint density at radius 3 is 3.04 bits per heavy atom. The molecule has 0 saturated carbocycles. The van der Waals surface area contributed by atoms with Crippen LogP contribution >= 0.6 is 11.8 Å². The Kier molecular flexibility index (Phi) is 3.97. The Morgan fingerprint density at radius 2 is 2.15 bits per heavy atom. The van der Waals surface area contributed by atoms with Crippen LogP contribution in [0.5, 0.6) is 0 Å². The lowest BCUT2D eigenvalue weighted by atomic mass is 10.1. The van der Waals surface area contributed by atoms with E-state index in [0.29, 0.717) is 17.3 Å². The normalized spacial score (nSPS) is 19.1. The lowest BCUT2D eigenvalue weighted by molar-refractivity contribution is 0.0988. The molecule has 1 atom stereocenters. The Hall–Kier alpha value is -2.67. The monoisotopic (exact) mass is 377 g/mol. The number of rotatable bonds is 2. The van der Waals surface area contributed by atoms with Crippen molar-refractivity contribution in [1.82, 2.24) is 15.0 Å². The number of carbonyl (C=O) groups excluding carboxylic acids is 1. The number of amides is 1. The average Bonchev–Trinajstić information content (AvgIpc) is 3.15. The van der Waals surface area contributed by atoms with Crippen LogP contribution < -0.4 is 9.80 Å². The zero-order valence-corrected chi connectivity index (χ0v) is 15.8. The molecule has 1 fully saturated rings. The Bertz CT molecular complexity index is 1030. The molecule has 2 aliphatic heterocycles. The van der Waals surface area contributed by atoms with E-state index in [9.17, 15) is 4.79 Å². The number of aromatic nitrogens is 3. The van der Waals surface area contributed by atoms with Gasteiger partial charge in [-0.05, 0) is 36.6 Å². The zero-order chi connectivity index (χ0) is 18.4. The van der Waals surface area contributed by atoms with Crippen molar-refractivity contribution in [1.29, 1.82) is 0 Å². The van der Waals surface area contributed by atoms with E-state index in [-0.39, 0.29) is 11.9 Å². The summed E-state index contributed by atoms with van der Waals surface area (Å²) in [6.07, 6.45) is 9.43. The van der Waals surface area contributed by atoms with Crippen molar-refractivity contribution in [2.75, 3.05) is 29.1 Å². The van der Waals surface area contributed by atoms with Gasteiger partial charge < -0.3 is 9.80 Å². The minimum Gasteiger partial charge on any atom is -0.351 e. The fraction of sp³-hybridized carbons (Fsp3) is 0.300. The van der Waals surface area contributed by atoms with Gasteiger partial charge in [-0.2, -0.15) is 0 Å². The Balaban J connectivity index is 1.69. The van der Waals surface area contributed by atoms with Crippen LogP contribution in [0.2, 0.25) is 0 Å². The third-order valence-electron chi connectivity index (χ3n) is 5.40. The van der Waals surface area contributed by atoms with Crippen LogP contribution in [-0.2, 0) is 0 Å². The van der Waals surface area contributed by atoms with E-state index in [1.54, 1.807) is 12.4 Å². The van der Waals surface area contributed by atoms with Crippen LogP contribution in [0.1, 0.15) is 23.2 Å². The zero-order valence-electron chi connectivity index (χ0n) is 15.0. The van der Waals surface area contributed by atoms with Crippen molar-refractivity contribution in [2.24, 2.45) is 0 Å². The number of nitrogens with zero attached hydrogens (tertiary/aromatic N) is 5. The molecule has 7 heteroatoms. The molecule has 0 unspecified atom stereocenters. The maximum Gasteiger partial charge on any atom is 0.263 e. The first-order chi connectivity index (χ1) is 13.3. The summed E-state index contributed by atoms with van der Waals surface area (Å²) < 4.78 is 0. The topological polar surface area (TPSA) is 62.2 Å². The summed E-state index contributed by atoms with van der Waals surface area (Å²) in [6, 6.07) is 8.30. The molecule has 136 valence electrons. The Labute approximate surface area is 161 Å². The predicted octanol–water partition coefficient (Wildman–Crippen LogP) is 3.38. The molecule has 27 heavy (non-hydrogen) atoms. The second-order valence-corrected chi connectivity index (χ2v) is 7.65. The fourth-order valence-corrected chi connectivity index (χ4v) is 4.45. The van der Waals surface area contributed by atoms with Gasteiger partial charge in [-0.15, -0.1) is 0 Å². The Morgan fingerprint density at radius 1 is 1.22 bits per heavy atom. The van der Waals surface area contributed by atoms with E-state index in [1.165, 1.54) is 11.8 Å². The number of carbonyl (C=O) groups is 1. The number of hydrogen-bond acceptors (Lipinski definition) is 6. The van der Waals surface area contributed by atoms with Crippen LogP contribution in [0.15, 0.2) is 48.0 Å². The summed E-state index contributed by atoms with van der Waals surface area (Å²) in [4.78, 5) is 31.0. The van der Waals surface area contributed by atoms with Crippen molar-refractivity contribution in [3.05, 3.63) is 48.4 Å². The quantitative estimate of drug-likeness (QED) is 0.504. The molecule has 1 amide bonds. The third kappa shape index (κ3) is 2.65. The van der Waals surface area contributed by atoms with Gasteiger partial charge in [0, 0.05) is 43.1 Å². The summed E-state index contributed by atoms with van der Waals surface area (Å²) >= 11 is 1.50. The van der Waals surface area contributed by atoms with E-state index >= 15 is 0 Å². The first kappa shape index (κ1) is 16.5. The van der Waals surface area contributed by atoms with Gasteiger partial charge in [0.2, 0.25) is 0 Å². The first-order valence-corrected chi connectivity index (χ1v) is 10.3. The molecule has 0 spiro atoms. The minimum atomic E-state index is -0.0385. The maximum absolute atomic E-state index is 13.5. The number of fused-ring (bicyclic) bond motifs is 4. The highest BCUT2D eigenvalue weighted by Gasteiger charge is 2.37. The van der Waals surface area contributed by atoms with Gasteiger partial charge in [0.1, 0.15) is 11.4 Å². The molecule has 3 aromatic rings. The lowest BCUT2D eigenvalue weighted by Crippen LogP contribution is -2.39. The van der Waals surface area contributed by atoms with E-state index in [4.69, 9.17) is 4.98 Å². The highest BCUT2D eigenvalue weighted by atomic mass is 32.2. The second kappa shape index (κ2) is 6.49. The van der Waals surface area contributed by atoms with Crippen molar-refractivity contribution >= 4 is 39.9 Å². The van der Waals surface area contributed by atoms with Gasteiger partial charge in [-0.25, -0.2) is 9.97 Å². The van der Waals surface area contributed by atoms with Gasteiger partial charge in [-0.1, -0.05) is 23.9 Å². The van der Waals surface area contributed by atoms with Gasteiger partial charge in [-0.3, -0.25) is 9.78 Å². The smallest absolute Gasteiger partial charge is 0.263 e. The van der Waals surface area contributed by atoms with Gasteiger partial charge in [0.05, 0.1) is 5.69 Å². The predicted molar refractivity (Wildman–Crippen MR) is 108 cm³/mol. The molecule has 0 bridgehead atoms. The standard InChI is InChI=1S/C20H19N5OS/c1-27-20-22-11-16-18(23-20)24-9-3-5-14(24)12-25(19(16)26)17-6-2-4-13-7-8-21-10-15(13)17/h2,4,6-8,10-11,14H,3,5,9,12H2,1H3/t14-/m0/s1. The number of hydrogen-bond donors (Lipinski definition) is 0. The number of anilines is 2. The van der Waals surface area contributed by atoms with Crippen LogP contribution in [0.25, 0.3) is 10.8 Å². The summed E-state index contributed by atoms with van der Waals surface area (Å²) in [6.45, 7) is 1.58. The summed E-state index contributed by atoms with van der Waals surface area (Å²) in [5, 5.41) is 2.77. The largest absolute Gasteiger partial charge is 0.351 e. The highest BCUT2D eigenvalue weighted by molar-refractivity contribution is 7.98. The van der Waals surface area contributed by atoms with Crippen molar-refractivity contribution in [2.45, 2.75) is 24.0 Å². The SMILES string of the molecule is CSc1ncc2c(n1)N1CCC[C@H]1CN(c1cccc3ccncc13)C2=O. The summed E-state index contributed by atoms with van der Waals surface area (Å²) in [5.74, 6) is 0.742. The highest BCUT2D eigenvalue weighted by Crippen LogP contribution is 2.36. The van der Waals surface area contributed by atoms with Crippen molar-refractivity contribution in [3.8, 4) is 0 Å². The third-order valence-corrected chi connectivity index (χ3v) is 5.96. The molecular formula is C20H19N5OS. The van der Waals surface area contributed by atoms with E-state index in [0.717, 1.165) is 41.7 Å². The van der Waals surface area contributed by atoms with Crippen LogP contribution in [-0.4, -0.2) is 46.2 Å². The maximum atomic E-state index is 13.5. The average molecular weight is 377 g/mol. The molecule has 0 N–H and O–H groups in total. The van der Waals surface area contributed by atoms with Crippen molar-refractivity contribution < 1.29 is 4.79 Å². The molecule has 5 rings (SSSR count). The summed E-state index contributed by atoms with van der Waals surface area (Å²) in [7, 11) is 0. The van der Waals surface area contributed by atoms with E-state index < -0.39 is 0 Å². The molecule has 0 aliphatic carbocycles. The molecule has 4 heterocycles. The number of thioether (sulfide) groups is 1.